The summed E-state index contributed by atoms with van der Waals surface area (Å²) in [6, 6.07) is 7.70. The van der Waals surface area contributed by atoms with Crippen LogP contribution in [0.5, 0.6) is 5.75 Å². The molecule has 0 atom stereocenters. The van der Waals surface area contributed by atoms with E-state index in [0.717, 1.165) is 11.5 Å². The highest BCUT2D eigenvalue weighted by atomic mass is 16.5. The Bertz CT molecular complexity index is 423. The number of hydrazone groups is 1. The van der Waals surface area contributed by atoms with Crippen LogP contribution in [0.1, 0.15) is 18.9 Å². The quantitative estimate of drug-likeness (QED) is 0.778. The van der Waals surface area contributed by atoms with Crippen molar-refractivity contribution in [1.29, 1.82) is 0 Å². The monoisotopic (exact) mass is 218 g/mol. The van der Waals surface area contributed by atoms with E-state index in [2.05, 4.69) is 5.10 Å². The molecule has 0 saturated heterocycles. The Kier molecular flexibility index (Phi) is 2.90. The van der Waals surface area contributed by atoms with Gasteiger partial charge in [0.05, 0.1) is 6.42 Å². The summed E-state index contributed by atoms with van der Waals surface area (Å²) in [6.45, 7) is 4.03. The number of nitrogens with zero attached hydrogens (tertiary/aromatic N) is 2. The van der Waals surface area contributed by atoms with Gasteiger partial charge in [0.2, 0.25) is 0 Å². The van der Waals surface area contributed by atoms with Crippen LogP contribution >= 0.6 is 0 Å². The number of hydrogen-bond acceptors (Lipinski definition) is 3. The van der Waals surface area contributed by atoms with Crippen molar-refractivity contribution in [3.05, 3.63) is 29.8 Å². The predicted octanol–water partition coefficient (Wildman–Crippen LogP) is 1.94. The molecule has 1 aliphatic rings. The lowest BCUT2D eigenvalue weighted by Gasteiger charge is -2.13. The first-order chi connectivity index (χ1) is 7.65. The molecule has 1 amide bonds. The first-order valence-electron chi connectivity index (χ1n) is 5.19. The maximum Gasteiger partial charge on any atom is 0.251 e. The summed E-state index contributed by atoms with van der Waals surface area (Å²) in [5, 5.41) is 5.43. The van der Waals surface area contributed by atoms with E-state index in [1.54, 1.807) is 0 Å². The second-order valence-corrected chi connectivity index (χ2v) is 3.89. The number of hydrogen-bond donors (Lipinski definition) is 0. The summed E-state index contributed by atoms with van der Waals surface area (Å²) in [4.78, 5) is 11.4. The van der Waals surface area contributed by atoms with E-state index < -0.39 is 0 Å². The molecule has 16 heavy (non-hydrogen) atoms. The van der Waals surface area contributed by atoms with Gasteiger partial charge in [-0.3, -0.25) is 4.79 Å². The zero-order chi connectivity index (χ0) is 11.5. The van der Waals surface area contributed by atoms with Gasteiger partial charge < -0.3 is 4.74 Å². The number of amides is 1. The molecule has 1 aromatic carbocycles. The van der Waals surface area contributed by atoms with Crippen LogP contribution in [0.3, 0.4) is 0 Å². The van der Waals surface area contributed by atoms with Gasteiger partial charge in [0, 0.05) is 5.71 Å². The second kappa shape index (κ2) is 4.35. The largest absolute Gasteiger partial charge is 0.471 e. The van der Waals surface area contributed by atoms with Crippen LogP contribution in [0.4, 0.5) is 0 Å². The maximum atomic E-state index is 11.4. The van der Waals surface area contributed by atoms with Gasteiger partial charge in [-0.05, 0) is 26.0 Å². The van der Waals surface area contributed by atoms with E-state index in [0.29, 0.717) is 6.42 Å². The fraction of sp³-hybridized carbons (Fsp3) is 0.333. The molecule has 0 unspecified atom stereocenters. The third-order valence-corrected chi connectivity index (χ3v) is 2.36. The lowest BCUT2D eigenvalue weighted by atomic mass is 10.2. The van der Waals surface area contributed by atoms with Gasteiger partial charge in [-0.2, -0.15) is 10.1 Å². The van der Waals surface area contributed by atoms with E-state index in [4.69, 9.17) is 4.74 Å². The molecule has 0 aliphatic carbocycles. The predicted molar refractivity (Wildman–Crippen MR) is 61.2 cm³/mol. The van der Waals surface area contributed by atoms with Crippen molar-refractivity contribution in [1.82, 2.24) is 5.01 Å². The highest BCUT2D eigenvalue weighted by Gasteiger charge is 2.21. The third-order valence-electron chi connectivity index (χ3n) is 2.36. The van der Waals surface area contributed by atoms with E-state index in [1.807, 2.05) is 38.1 Å². The van der Waals surface area contributed by atoms with Gasteiger partial charge >= 0.3 is 0 Å². The molecule has 0 spiro atoms. The molecule has 1 heterocycles. The molecule has 0 aromatic heterocycles. The van der Waals surface area contributed by atoms with Gasteiger partial charge in [-0.15, -0.1) is 0 Å². The Balaban J connectivity index is 1.93. The topological polar surface area (TPSA) is 41.9 Å². The van der Waals surface area contributed by atoms with E-state index >= 15 is 0 Å². The standard InChI is InChI=1S/C12H14N2O2/c1-9-3-5-11(6-4-9)16-8-14-12(15)7-10(2)13-14/h3-6H,7-8H2,1-2H3. The van der Waals surface area contributed by atoms with Gasteiger partial charge in [0.25, 0.3) is 5.91 Å². The maximum absolute atomic E-state index is 11.4. The summed E-state index contributed by atoms with van der Waals surface area (Å²) in [5.74, 6) is 0.739. The van der Waals surface area contributed by atoms with Crippen LogP contribution in [-0.4, -0.2) is 23.4 Å². The van der Waals surface area contributed by atoms with Crippen molar-refractivity contribution < 1.29 is 9.53 Å². The molecular formula is C12H14N2O2. The van der Waals surface area contributed by atoms with Crippen LogP contribution in [0, 0.1) is 6.92 Å². The molecule has 2 rings (SSSR count). The number of benzene rings is 1. The van der Waals surface area contributed by atoms with Crippen molar-refractivity contribution in [2.75, 3.05) is 6.73 Å². The minimum absolute atomic E-state index is 0.00962. The van der Waals surface area contributed by atoms with Gasteiger partial charge in [-0.1, -0.05) is 17.7 Å². The molecule has 4 heteroatoms. The van der Waals surface area contributed by atoms with Crippen LogP contribution < -0.4 is 4.74 Å². The number of aryl methyl sites for hydroxylation is 1. The Hall–Kier alpha value is -1.84. The fourth-order valence-corrected chi connectivity index (χ4v) is 1.48. The van der Waals surface area contributed by atoms with E-state index in [9.17, 15) is 4.79 Å². The Morgan fingerprint density at radius 3 is 2.56 bits per heavy atom. The summed E-state index contributed by atoms with van der Waals surface area (Å²) in [7, 11) is 0. The van der Waals surface area contributed by atoms with Crippen LogP contribution in [0.25, 0.3) is 0 Å². The van der Waals surface area contributed by atoms with Crippen molar-refractivity contribution in [2.45, 2.75) is 20.3 Å². The van der Waals surface area contributed by atoms with Crippen molar-refractivity contribution in [3.8, 4) is 5.75 Å². The average Bonchev–Trinajstić information content (AvgIpc) is 2.57. The first kappa shape index (κ1) is 10.7. The molecule has 84 valence electrons. The Morgan fingerprint density at radius 2 is 2.00 bits per heavy atom. The van der Waals surface area contributed by atoms with E-state index in [-0.39, 0.29) is 12.6 Å². The van der Waals surface area contributed by atoms with Gasteiger partial charge in [0.1, 0.15) is 5.75 Å². The summed E-state index contributed by atoms with van der Waals surface area (Å²) in [6.07, 6.45) is 0.400. The second-order valence-electron chi connectivity index (χ2n) is 3.89. The smallest absolute Gasteiger partial charge is 0.251 e. The number of carbonyl (C=O) groups is 1. The minimum atomic E-state index is -0.00962. The molecule has 0 bridgehead atoms. The summed E-state index contributed by atoms with van der Waals surface area (Å²) in [5.41, 5.74) is 2.01. The van der Waals surface area contributed by atoms with Crippen molar-refractivity contribution in [3.63, 3.8) is 0 Å². The number of ether oxygens (including phenoxy) is 1. The molecule has 0 N–H and O–H groups in total. The van der Waals surface area contributed by atoms with Gasteiger partial charge in [-0.25, -0.2) is 0 Å². The summed E-state index contributed by atoms with van der Waals surface area (Å²) < 4.78 is 5.46. The third kappa shape index (κ3) is 2.39. The molecule has 1 aliphatic heterocycles. The molecule has 1 aromatic rings. The van der Waals surface area contributed by atoms with Crippen LogP contribution in [-0.2, 0) is 4.79 Å². The first-order valence-corrected chi connectivity index (χ1v) is 5.19. The lowest BCUT2D eigenvalue weighted by Crippen LogP contribution is -2.25. The number of rotatable bonds is 3. The molecule has 4 nitrogen and oxygen atoms in total. The molecular weight excluding hydrogens is 204 g/mol. The Morgan fingerprint density at radius 1 is 1.31 bits per heavy atom. The van der Waals surface area contributed by atoms with Crippen molar-refractivity contribution >= 4 is 11.6 Å². The fourth-order valence-electron chi connectivity index (χ4n) is 1.48. The highest BCUT2D eigenvalue weighted by Crippen LogP contribution is 2.13. The van der Waals surface area contributed by atoms with Crippen LogP contribution in [0.2, 0.25) is 0 Å². The van der Waals surface area contributed by atoms with Crippen molar-refractivity contribution in [2.24, 2.45) is 5.10 Å². The average molecular weight is 218 g/mol. The molecule has 0 radical (unpaired) electrons. The normalized spacial score (nSPS) is 15.2. The minimum Gasteiger partial charge on any atom is -0.471 e. The SMILES string of the molecule is CC1=NN(COc2ccc(C)cc2)C(=O)C1. The molecule has 0 fully saturated rings. The van der Waals surface area contributed by atoms with E-state index in [1.165, 1.54) is 10.6 Å². The highest BCUT2D eigenvalue weighted by molar-refractivity contribution is 6.03. The van der Waals surface area contributed by atoms with Gasteiger partial charge in [0.15, 0.2) is 6.73 Å². The van der Waals surface area contributed by atoms with Crippen LogP contribution in [0.15, 0.2) is 29.4 Å². The zero-order valence-corrected chi connectivity index (χ0v) is 9.43. The Labute approximate surface area is 94.5 Å². The molecule has 0 saturated carbocycles. The lowest BCUT2D eigenvalue weighted by molar-refractivity contribution is -0.131. The zero-order valence-electron chi connectivity index (χ0n) is 9.43. The summed E-state index contributed by atoms with van der Waals surface area (Å²) >= 11 is 0. The number of carbonyl (C=O) groups excluding carboxylic acids is 1.